The van der Waals surface area contributed by atoms with Crippen LogP contribution in [-0.4, -0.2) is 11.7 Å². The molecule has 0 fully saturated rings. The maximum atomic E-state index is 9.73. The van der Waals surface area contributed by atoms with Crippen molar-refractivity contribution in [1.29, 1.82) is 0 Å². The molecule has 102 valence electrons. The van der Waals surface area contributed by atoms with Gasteiger partial charge in [-0.3, -0.25) is 0 Å². The smallest absolute Gasteiger partial charge is 0.0595 e. The van der Waals surface area contributed by atoms with Crippen molar-refractivity contribution in [3.63, 3.8) is 0 Å². The van der Waals surface area contributed by atoms with Crippen LogP contribution in [0.2, 0.25) is 10.0 Å². The number of hydrogen-bond donors (Lipinski definition) is 1. The molecular weight excluding hydrogens is 267 g/mol. The van der Waals surface area contributed by atoms with Crippen molar-refractivity contribution in [3.8, 4) is 0 Å². The Morgan fingerprint density at radius 1 is 1.17 bits per heavy atom. The fraction of sp³-hybridized carbons (Fsp3) is 0.600. The van der Waals surface area contributed by atoms with E-state index in [4.69, 9.17) is 23.2 Å². The molecule has 0 aliphatic heterocycles. The van der Waals surface area contributed by atoms with E-state index in [9.17, 15) is 5.11 Å². The quantitative estimate of drug-likeness (QED) is 0.739. The molecule has 0 radical (unpaired) electrons. The van der Waals surface area contributed by atoms with Crippen LogP contribution in [0.1, 0.15) is 45.1 Å². The molecule has 0 heterocycles. The zero-order valence-corrected chi connectivity index (χ0v) is 12.7. The van der Waals surface area contributed by atoms with Gasteiger partial charge in [-0.05, 0) is 42.4 Å². The topological polar surface area (TPSA) is 20.2 Å². The van der Waals surface area contributed by atoms with Gasteiger partial charge in [0.25, 0.3) is 0 Å². The first-order valence-electron chi connectivity index (χ1n) is 6.61. The van der Waals surface area contributed by atoms with Gasteiger partial charge in [0.05, 0.1) is 10.0 Å². The van der Waals surface area contributed by atoms with E-state index in [2.05, 4.69) is 13.8 Å². The maximum Gasteiger partial charge on any atom is 0.0595 e. The Bertz CT molecular complexity index is 373. The van der Waals surface area contributed by atoms with Crippen LogP contribution in [0.5, 0.6) is 0 Å². The third kappa shape index (κ3) is 4.15. The lowest BCUT2D eigenvalue weighted by atomic mass is 9.76. The van der Waals surface area contributed by atoms with Gasteiger partial charge in [-0.15, -0.1) is 0 Å². The summed E-state index contributed by atoms with van der Waals surface area (Å²) in [6, 6.07) is 5.74. The van der Waals surface area contributed by atoms with Gasteiger partial charge in [-0.1, -0.05) is 56.0 Å². The van der Waals surface area contributed by atoms with Crippen LogP contribution in [-0.2, 0) is 6.42 Å². The number of aliphatic hydroxyl groups excluding tert-OH is 1. The minimum absolute atomic E-state index is 0.0207. The Hall–Kier alpha value is -0.240. The number of rotatable bonds is 7. The number of benzene rings is 1. The molecule has 3 heteroatoms. The van der Waals surface area contributed by atoms with E-state index in [-0.39, 0.29) is 12.0 Å². The van der Waals surface area contributed by atoms with Gasteiger partial charge in [0.1, 0.15) is 0 Å². The third-order valence-electron chi connectivity index (χ3n) is 3.71. The molecule has 1 aromatic rings. The zero-order valence-electron chi connectivity index (χ0n) is 11.2. The van der Waals surface area contributed by atoms with Crippen LogP contribution in [0.4, 0.5) is 0 Å². The van der Waals surface area contributed by atoms with Crippen molar-refractivity contribution < 1.29 is 5.11 Å². The molecule has 1 atom stereocenters. The lowest BCUT2D eigenvalue weighted by Gasteiger charge is -2.31. The fourth-order valence-electron chi connectivity index (χ4n) is 2.27. The lowest BCUT2D eigenvalue weighted by Crippen LogP contribution is -2.27. The van der Waals surface area contributed by atoms with Gasteiger partial charge < -0.3 is 5.11 Å². The predicted octanol–water partition coefficient (Wildman–Crippen LogP) is 5.11. The molecule has 0 saturated carbocycles. The molecule has 18 heavy (non-hydrogen) atoms. The summed E-state index contributed by atoms with van der Waals surface area (Å²) in [6.07, 6.45) is 5.19. The van der Waals surface area contributed by atoms with Crippen LogP contribution in [0, 0.1) is 5.41 Å². The molecule has 0 saturated heterocycles. The van der Waals surface area contributed by atoms with Crippen LogP contribution in [0.15, 0.2) is 18.2 Å². The SMILES string of the molecule is CCCCC(CC)(CO)Cc1ccc(Cl)c(Cl)c1. The van der Waals surface area contributed by atoms with Crippen LogP contribution >= 0.6 is 23.2 Å². The summed E-state index contributed by atoms with van der Waals surface area (Å²) >= 11 is 12.0. The van der Waals surface area contributed by atoms with E-state index in [1.807, 2.05) is 18.2 Å². The largest absolute Gasteiger partial charge is 0.396 e. The van der Waals surface area contributed by atoms with Crippen molar-refractivity contribution in [2.75, 3.05) is 6.61 Å². The molecule has 0 spiro atoms. The van der Waals surface area contributed by atoms with E-state index >= 15 is 0 Å². The summed E-state index contributed by atoms with van der Waals surface area (Å²) in [6.45, 7) is 4.55. The van der Waals surface area contributed by atoms with Crippen LogP contribution in [0.25, 0.3) is 0 Å². The molecule has 1 unspecified atom stereocenters. The van der Waals surface area contributed by atoms with Crippen LogP contribution < -0.4 is 0 Å². The molecule has 1 nitrogen and oxygen atoms in total. The summed E-state index contributed by atoms with van der Waals surface area (Å²) in [5.74, 6) is 0. The van der Waals surface area contributed by atoms with Gasteiger partial charge in [0.2, 0.25) is 0 Å². The highest BCUT2D eigenvalue weighted by Crippen LogP contribution is 2.34. The van der Waals surface area contributed by atoms with E-state index in [1.165, 1.54) is 0 Å². The third-order valence-corrected chi connectivity index (χ3v) is 4.45. The second kappa shape index (κ2) is 7.37. The minimum atomic E-state index is -0.0207. The van der Waals surface area contributed by atoms with Gasteiger partial charge >= 0.3 is 0 Å². The highest BCUT2D eigenvalue weighted by Gasteiger charge is 2.27. The molecule has 0 aromatic heterocycles. The Kier molecular flexibility index (Phi) is 6.48. The van der Waals surface area contributed by atoms with Crippen molar-refractivity contribution in [1.82, 2.24) is 0 Å². The van der Waals surface area contributed by atoms with E-state index in [0.717, 1.165) is 37.7 Å². The van der Waals surface area contributed by atoms with Crippen molar-refractivity contribution in [3.05, 3.63) is 33.8 Å². The van der Waals surface area contributed by atoms with Crippen molar-refractivity contribution in [2.24, 2.45) is 5.41 Å². The molecule has 1 rings (SSSR count). The summed E-state index contributed by atoms with van der Waals surface area (Å²) < 4.78 is 0. The lowest BCUT2D eigenvalue weighted by molar-refractivity contribution is 0.107. The first-order chi connectivity index (χ1) is 8.56. The average Bonchev–Trinajstić information content (AvgIpc) is 2.39. The normalized spacial score (nSPS) is 14.5. The maximum absolute atomic E-state index is 9.73. The second-order valence-electron chi connectivity index (χ2n) is 5.04. The monoisotopic (exact) mass is 288 g/mol. The van der Waals surface area contributed by atoms with E-state index in [0.29, 0.717) is 10.0 Å². The van der Waals surface area contributed by atoms with Gasteiger partial charge in [-0.25, -0.2) is 0 Å². The Balaban J connectivity index is 2.84. The Morgan fingerprint density at radius 2 is 1.89 bits per heavy atom. The Morgan fingerprint density at radius 3 is 2.39 bits per heavy atom. The summed E-state index contributed by atoms with van der Waals surface area (Å²) in [4.78, 5) is 0. The van der Waals surface area contributed by atoms with Crippen molar-refractivity contribution >= 4 is 23.2 Å². The second-order valence-corrected chi connectivity index (χ2v) is 5.85. The average molecular weight is 289 g/mol. The zero-order chi connectivity index (χ0) is 13.6. The molecule has 0 aliphatic carbocycles. The van der Waals surface area contributed by atoms with E-state index in [1.54, 1.807) is 0 Å². The number of halogens is 2. The van der Waals surface area contributed by atoms with Crippen molar-refractivity contribution in [2.45, 2.75) is 46.0 Å². The summed E-state index contributed by atoms with van der Waals surface area (Å²) in [5.41, 5.74) is 1.13. The minimum Gasteiger partial charge on any atom is -0.396 e. The molecule has 0 bridgehead atoms. The first kappa shape index (κ1) is 15.8. The number of unbranched alkanes of at least 4 members (excludes halogenated alkanes) is 1. The fourth-order valence-corrected chi connectivity index (χ4v) is 2.59. The number of aliphatic hydroxyl groups is 1. The molecule has 1 aromatic carbocycles. The Labute approximate surface area is 120 Å². The molecular formula is C15H22Cl2O. The molecule has 0 aliphatic rings. The first-order valence-corrected chi connectivity index (χ1v) is 7.37. The predicted molar refractivity (Wildman–Crippen MR) is 79.5 cm³/mol. The summed E-state index contributed by atoms with van der Waals surface area (Å²) in [5, 5.41) is 10.9. The standard InChI is InChI=1S/C15H22Cl2O/c1-3-5-8-15(4-2,11-18)10-12-6-7-13(16)14(17)9-12/h6-7,9,18H,3-5,8,10-11H2,1-2H3. The molecule has 1 N–H and O–H groups in total. The molecule has 0 amide bonds. The van der Waals surface area contributed by atoms with Crippen LogP contribution in [0.3, 0.4) is 0 Å². The van der Waals surface area contributed by atoms with Gasteiger partial charge in [0.15, 0.2) is 0 Å². The number of hydrogen-bond acceptors (Lipinski definition) is 1. The van der Waals surface area contributed by atoms with Gasteiger partial charge in [0, 0.05) is 6.61 Å². The summed E-state index contributed by atoms with van der Waals surface area (Å²) in [7, 11) is 0. The highest BCUT2D eigenvalue weighted by atomic mass is 35.5. The van der Waals surface area contributed by atoms with E-state index < -0.39 is 0 Å². The van der Waals surface area contributed by atoms with Gasteiger partial charge in [-0.2, -0.15) is 0 Å². The highest BCUT2D eigenvalue weighted by molar-refractivity contribution is 6.42.